The van der Waals surface area contributed by atoms with Crippen LogP contribution in [0.5, 0.6) is 0 Å². The van der Waals surface area contributed by atoms with Crippen LogP contribution in [0.4, 0.5) is 23.4 Å². The van der Waals surface area contributed by atoms with E-state index >= 15 is 0 Å². The summed E-state index contributed by atoms with van der Waals surface area (Å²) in [4.78, 5) is 23.9. The van der Waals surface area contributed by atoms with Crippen molar-refractivity contribution < 1.29 is 22.4 Å². The van der Waals surface area contributed by atoms with Gasteiger partial charge in [-0.1, -0.05) is 35.3 Å². The van der Waals surface area contributed by atoms with E-state index in [1.807, 2.05) is 24.1 Å². The van der Waals surface area contributed by atoms with Gasteiger partial charge in [0.2, 0.25) is 0 Å². The average molecular weight is 610 g/mol. The summed E-state index contributed by atoms with van der Waals surface area (Å²) in [6, 6.07) is 11.7. The number of hydrogen-bond acceptors (Lipinski definition) is 5. The third-order valence-corrected chi connectivity index (χ3v) is 8.46. The number of aromatic nitrogens is 1. The van der Waals surface area contributed by atoms with Gasteiger partial charge in [0.25, 0.3) is 5.91 Å². The summed E-state index contributed by atoms with van der Waals surface area (Å²) in [6.45, 7) is 4.35. The van der Waals surface area contributed by atoms with Gasteiger partial charge in [-0.05, 0) is 54.6 Å². The molecule has 3 aromatic rings. The molecular formula is C29H29Cl2F4N5O. The van der Waals surface area contributed by atoms with Gasteiger partial charge >= 0.3 is 6.18 Å². The van der Waals surface area contributed by atoms with Crippen molar-refractivity contribution in [2.75, 3.05) is 51.2 Å². The van der Waals surface area contributed by atoms with Crippen LogP contribution >= 0.6 is 23.2 Å². The fraction of sp³-hybridized carbons (Fsp3) is 0.379. The number of anilines is 1. The Balaban J connectivity index is 1.37. The molecule has 41 heavy (non-hydrogen) atoms. The fourth-order valence-corrected chi connectivity index (χ4v) is 5.84. The van der Waals surface area contributed by atoms with Gasteiger partial charge < -0.3 is 15.1 Å². The Kier molecular flexibility index (Phi) is 8.75. The highest BCUT2D eigenvalue weighted by Gasteiger charge is 2.39. The molecule has 1 aromatic heterocycles. The maximum Gasteiger partial charge on any atom is 0.419 e. The van der Waals surface area contributed by atoms with Crippen molar-refractivity contribution in [3.63, 3.8) is 0 Å². The molecule has 0 radical (unpaired) electrons. The number of benzene rings is 2. The second-order valence-corrected chi connectivity index (χ2v) is 11.2. The van der Waals surface area contributed by atoms with E-state index in [1.165, 1.54) is 6.07 Å². The molecule has 2 aliphatic heterocycles. The summed E-state index contributed by atoms with van der Waals surface area (Å²) in [5, 5.41) is 4.09. The van der Waals surface area contributed by atoms with Crippen LogP contribution in [0.3, 0.4) is 0 Å². The molecule has 1 unspecified atom stereocenters. The van der Waals surface area contributed by atoms with Crippen LogP contribution in [0.25, 0.3) is 0 Å². The van der Waals surface area contributed by atoms with Crippen molar-refractivity contribution in [2.45, 2.75) is 24.7 Å². The summed E-state index contributed by atoms with van der Waals surface area (Å²) >= 11 is 12.5. The molecule has 1 N–H and O–H groups in total. The maximum atomic E-state index is 14.3. The zero-order chi connectivity index (χ0) is 29.3. The SMILES string of the molecule is CN(Cc1ccc(C(F)(F)F)c(F)c1)C1CN(C(=O)c2ccc(N3CCNCC3)nc2)C[C@@H]1c1ccc(Cl)c(Cl)c1. The molecule has 2 fully saturated rings. The van der Waals surface area contributed by atoms with Gasteiger partial charge in [0.1, 0.15) is 11.6 Å². The van der Waals surface area contributed by atoms with Crippen molar-refractivity contribution in [3.8, 4) is 0 Å². The highest BCUT2D eigenvalue weighted by molar-refractivity contribution is 6.42. The lowest BCUT2D eigenvalue weighted by Crippen LogP contribution is -2.43. The number of likely N-dealkylation sites (tertiary alicyclic amines) is 1. The largest absolute Gasteiger partial charge is 0.419 e. The Morgan fingerprint density at radius 2 is 1.80 bits per heavy atom. The van der Waals surface area contributed by atoms with Gasteiger partial charge in [-0.2, -0.15) is 13.2 Å². The van der Waals surface area contributed by atoms with Gasteiger partial charge in [-0.25, -0.2) is 9.37 Å². The monoisotopic (exact) mass is 609 g/mol. The van der Waals surface area contributed by atoms with Crippen LogP contribution in [0, 0.1) is 5.82 Å². The zero-order valence-electron chi connectivity index (χ0n) is 22.3. The molecule has 2 aliphatic rings. The van der Waals surface area contributed by atoms with E-state index in [0.717, 1.165) is 49.7 Å². The van der Waals surface area contributed by atoms with E-state index < -0.39 is 17.6 Å². The third kappa shape index (κ3) is 6.61. The van der Waals surface area contributed by atoms with Crippen molar-refractivity contribution in [2.24, 2.45) is 0 Å². The van der Waals surface area contributed by atoms with Crippen LogP contribution in [0.2, 0.25) is 10.0 Å². The molecule has 0 aliphatic carbocycles. The Labute approximate surface area is 245 Å². The molecule has 218 valence electrons. The first-order valence-electron chi connectivity index (χ1n) is 13.2. The molecule has 2 atom stereocenters. The van der Waals surface area contributed by atoms with Crippen molar-refractivity contribution in [3.05, 3.63) is 92.8 Å². The van der Waals surface area contributed by atoms with E-state index in [0.29, 0.717) is 34.3 Å². The molecule has 5 rings (SSSR count). The summed E-state index contributed by atoms with van der Waals surface area (Å²) in [5.41, 5.74) is 0.428. The van der Waals surface area contributed by atoms with Crippen LogP contribution < -0.4 is 10.2 Å². The lowest BCUT2D eigenvalue weighted by molar-refractivity contribution is -0.140. The normalized spacial score (nSPS) is 19.7. The number of halogens is 6. The van der Waals surface area contributed by atoms with Gasteiger partial charge in [0.15, 0.2) is 0 Å². The van der Waals surface area contributed by atoms with Crippen LogP contribution in [-0.4, -0.2) is 73.0 Å². The first-order chi connectivity index (χ1) is 19.5. The average Bonchev–Trinajstić information content (AvgIpc) is 3.40. The molecule has 2 aromatic carbocycles. The molecule has 0 saturated carbocycles. The summed E-state index contributed by atoms with van der Waals surface area (Å²) in [7, 11) is 1.81. The summed E-state index contributed by atoms with van der Waals surface area (Å²) < 4.78 is 53.4. The molecule has 12 heteroatoms. The minimum Gasteiger partial charge on any atom is -0.354 e. The number of nitrogens with zero attached hydrogens (tertiary/aromatic N) is 4. The number of nitrogens with one attached hydrogen (secondary N) is 1. The minimum atomic E-state index is -4.77. The highest BCUT2D eigenvalue weighted by Crippen LogP contribution is 2.36. The Morgan fingerprint density at radius 1 is 1.05 bits per heavy atom. The molecule has 3 heterocycles. The Bertz CT molecular complexity index is 1400. The second kappa shape index (κ2) is 12.1. The highest BCUT2D eigenvalue weighted by atomic mass is 35.5. The van der Waals surface area contributed by atoms with Crippen molar-refractivity contribution >= 4 is 34.9 Å². The quantitative estimate of drug-likeness (QED) is 0.364. The van der Waals surface area contributed by atoms with Crippen molar-refractivity contribution in [1.82, 2.24) is 20.1 Å². The first-order valence-corrected chi connectivity index (χ1v) is 14.0. The molecule has 0 bridgehead atoms. The Hall–Kier alpha value is -2.92. The number of amides is 1. The number of carbonyl (C=O) groups is 1. The summed E-state index contributed by atoms with van der Waals surface area (Å²) in [6.07, 6.45) is -3.17. The van der Waals surface area contributed by atoms with Crippen LogP contribution in [0.15, 0.2) is 54.7 Å². The van der Waals surface area contributed by atoms with E-state index in [1.54, 1.807) is 29.3 Å². The number of rotatable bonds is 6. The van der Waals surface area contributed by atoms with Gasteiger partial charge in [0, 0.05) is 64.0 Å². The van der Waals surface area contributed by atoms with Crippen LogP contribution in [-0.2, 0) is 12.7 Å². The van der Waals surface area contributed by atoms with E-state index in [2.05, 4.69) is 15.2 Å². The Morgan fingerprint density at radius 3 is 2.44 bits per heavy atom. The van der Waals surface area contributed by atoms with Crippen molar-refractivity contribution in [1.29, 1.82) is 0 Å². The topological polar surface area (TPSA) is 51.7 Å². The van der Waals surface area contributed by atoms with Gasteiger partial charge in [0.05, 0.1) is 21.2 Å². The van der Waals surface area contributed by atoms with Gasteiger partial charge in [-0.3, -0.25) is 9.69 Å². The molecule has 2 saturated heterocycles. The van der Waals surface area contributed by atoms with Gasteiger partial charge in [-0.15, -0.1) is 0 Å². The number of pyridine rings is 1. The second-order valence-electron chi connectivity index (χ2n) is 10.4. The molecular weight excluding hydrogens is 581 g/mol. The number of piperazine rings is 1. The smallest absolute Gasteiger partial charge is 0.354 e. The first kappa shape index (κ1) is 29.6. The lowest BCUT2D eigenvalue weighted by Gasteiger charge is -2.29. The standard InChI is InChI=1S/C29H29Cl2F4N5O/c1-38(15-18-2-5-22(25(32)12-18)29(33,34)35)26-17-40(16-21(26)19-3-6-23(30)24(31)13-19)28(41)20-4-7-27(37-14-20)39-10-8-36-9-11-39/h2-7,12-14,21,26,36H,8-11,15-17H2,1H3/t21-,26?/m1/s1. The molecule has 6 nitrogen and oxygen atoms in total. The molecule has 1 amide bonds. The maximum absolute atomic E-state index is 14.3. The fourth-order valence-electron chi connectivity index (χ4n) is 5.54. The van der Waals surface area contributed by atoms with E-state index in [9.17, 15) is 22.4 Å². The molecule has 0 spiro atoms. The zero-order valence-corrected chi connectivity index (χ0v) is 23.8. The number of hydrogen-bond donors (Lipinski definition) is 1. The number of likely N-dealkylation sites (N-methyl/N-ethyl adjacent to an activating group) is 1. The predicted molar refractivity (Wildman–Crippen MR) is 151 cm³/mol. The summed E-state index contributed by atoms with van der Waals surface area (Å²) in [5.74, 6) is -0.846. The van der Waals surface area contributed by atoms with E-state index in [-0.39, 0.29) is 24.4 Å². The van der Waals surface area contributed by atoms with Crippen LogP contribution in [0.1, 0.15) is 33.0 Å². The predicted octanol–water partition coefficient (Wildman–Crippen LogP) is 5.70. The van der Waals surface area contributed by atoms with E-state index in [4.69, 9.17) is 23.2 Å². The lowest BCUT2D eigenvalue weighted by atomic mass is 9.93. The number of alkyl halides is 3. The minimum absolute atomic E-state index is 0.175. The third-order valence-electron chi connectivity index (χ3n) is 7.72. The number of carbonyl (C=O) groups excluding carboxylic acids is 1.